The summed E-state index contributed by atoms with van der Waals surface area (Å²) in [6.07, 6.45) is -0.312. The number of amides is 3. The van der Waals surface area contributed by atoms with Gasteiger partial charge < -0.3 is 10.1 Å². The molecule has 0 radical (unpaired) electrons. The van der Waals surface area contributed by atoms with Gasteiger partial charge in [0.05, 0.1) is 6.42 Å². The third-order valence-corrected chi connectivity index (χ3v) is 3.62. The van der Waals surface area contributed by atoms with E-state index in [0.717, 1.165) is 0 Å². The van der Waals surface area contributed by atoms with E-state index in [-0.39, 0.29) is 12.8 Å². The van der Waals surface area contributed by atoms with Crippen molar-refractivity contribution in [2.45, 2.75) is 12.8 Å². The van der Waals surface area contributed by atoms with Gasteiger partial charge in [-0.3, -0.25) is 30.0 Å². The smallest absolute Gasteiger partial charge is 0.306 e. The lowest BCUT2D eigenvalue weighted by molar-refractivity contribution is -0.149. The van der Waals surface area contributed by atoms with E-state index in [0.29, 0.717) is 16.3 Å². The lowest BCUT2D eigenvalue weighted by Gasteiger charge is -2.08. The van der Waals surface area contributed by atoms with Crippen molar-refractivity contribution in [3.8, 4) is 0 Å². The molecule has 2 rings (SSSR count). The van der Waals surface area contributed by atoms with Gasteiger partial charge in [0.2, 0.25) is 5.91 Å². The summed E-state index contributed by atoms with van der Waals surface area (Å²) < 4.78 is 4.76. The Morgan fingerprint density at radius 2 is 1.61 bits per heavy atom. The van der Waals surface area contributed by atoms with E-state index in [1.165, 1.54) is 0 Å². The SMILES string of the molecule is O=C(COC(=O)CCC(=O)Nc1cccc(Cl)c1)NNC(=O)c1ccccc1. The first kappa shape index (κ1) is 20.9. The second kappa shape index (κ2) is 10.7. The molecule has 2 aromatic carbocycles. The highest BCUT2D eigenvalue weighted by Gasteiger charge is 2.12. The maximum atomic E-state index is 11.8. The van der Waals surface area contributed by atoms with E-state index in [2.05, 4.69) is 16.2 Å². The van der Waals surface area contributed by atoms with Gasteiger partial charge in [-0.25, -0.2) is 0 Å². The van der Waals surface area contributed by atoms with Crippen LogP contribution in [0.15, 0.2) is 54.6 Å². The minimum atomic E-state index is -0.717. The predicted molar refractivity (Wildman–Crippen MR) is 102 cm³/mol. The highest BCUT2D eigenvalue weighted by atomic mass is 35.5. The first-order valence-electron chi connectivity index (χ1n) is 8.29. The Morgan fingerprint density at radius 1 is 0.857 bits per heavy atom. The molecule has 3 amide bonds. The Bertz CT molecular complexity index is 858. The molecule has 0 heterocycles. The highest BCUT2D eigenvalue weighted by molar-refractivity contribution is 6.30. The molecule has 8 nitrogen and oxygen atoms in total. The number of carbonyl (C=O) groups is 4. The maximum absolute atomic E-state index is 11.8. The van der Waals surface area contributed by atoms with E-state index in [1.54, 1.807) is 54.6 Å². The lowest BCUT2D eigenvalue weighted by Crippen LogP contribution is -2.43. The zero-order chi connectivity index (χ0) is 20.4. The van der Waals surface area contributed by atoms with Gasteiger partial charge in [-0.05, 0) is 30.3 Å². The predicted octanol–water partition coefficient (Wildman–Crippen LogP) is 2.06. The van der Waals surface area contributed by atoms with Gasteiger partial charge in [-0.15, -0.1) is 0 Å². The fourth-order valence-corrected chi connectivity index (χ4v) is 2.24. The number of hydrogen-bond donors (Lipinski definition) is 3. The quantitative estimate of drug-likeness (QED) is 0.483. The van der Waals surface area contributed by atoms with Crippen molar-refractivity contribution < 1.29 is 23.9 Å². The second-order valence-electron chi connectivity index (χ2n) is 5.59. The van der Waals surface area contributed by atoms with Crippen LogP contribution in [0.2, 0.25) is 5.02 Å². The van der Waals surface area contributed by atoms with Crippen LogP contribution in [0.25, 0.3) is 0 Å². The molecule has 0 aromatic heterocycles. The zero-order valence-corrected chi connectivity index (χ0v) is 15.5. The summed E-state index contributed by atoms with van der Waals surface area (Å²) in [6, 6.07) is 14.9. The number of rotatable bonds is 7. The number of nitrogens with one attached hydrogen (secondary N) is 3. The molecule has 0 fully saturated rings. The van der Waals surface area contributed by atoms with Crippen molar-refractivity contribution in [1.29, 1.82) is 0 Å². The number of anilines is 1. The number of benzene rings is 2. The summed E-state index contributed by atoms with van der Waals surface area (Å²) >= 11 is 5.82. The monoisotopic (exact) mass is 403 g/mol. The van der Waals surface area contributed by atoms with Crippen LogP contribution < -0.4 is 16.2 Å². The third kappa shape index (κ3) is 7.46. The fourth-order valence-electron chi connectivity index (χ4n) is 2.05. The summed E-state index contributed by atoms with van der Waals surface area (Å²) in [6.45, 7) is -0.580. The van der Waals surface area contributed by atoms with Gasteiger partial charge in [-0.1, -0.05) is 35.9 Å². The molecular formula is C19H18ClN3O5. The molecule has 0 spiro atoms. The lowest BCUT2D eigenvalue weighted by atomic mass is 10.2. The molecule has 2 aromatic rings. The minimum absolute atomic E-state index is 0.113. The standard InChI is InChI=1S/C19H18ClN3O5/c20-14-7-4-8-15(11-14)21-16(24)9-10-18(26)28-12-17(25)22-23-19(27)13-5-2-1-3-6-13/h1-8,11H,9-10,12H2,(H,21,24)(H,22,25)(H,23,27). The molecular weight excluding hydrogens is 386 g/mol. The molecule has 0 bridgehead atoms. The average molecular weight is 404 g/mol. The van der Waals surface area contributed by atoms with Crippen LogP contribution in [-0.4, -0.2) is 30.3 Å². The van der Waals surface area contributed by atoms with E-state index in [9.17, 15) is 19.2 Å². The number of hydrogen-bond acceptors (Lipinski definition) is 5. The summed E-state index contributed by atoms with van der Waals surface area (Å²) in [4.78, 5) is 46.8. The van der Waals surface area contributed by atoms with Crippen LogP contribution >= 0.6 is 11.6 Å². The van der Waals surface area contributed by atoms with Crippen LogP contribution in [0.4, 0.5) is 5.69 Å². The third-order valence-electron chi connectivity index (χ3n) is 3.38. The van der Waals surface area contributed by atoms with E-state index >= 15 is 0 Å². The molecule has 3 N–H and O–H groups in total. The Kier molecular flexibility index (Phi) is 7.98. The van der Waals surface area contributed by atoms with Gasteiger partial charge in [0.25, 0.3) is 11.8 Å². The van der Waals surface area contributed by atoms with Gasteiger partial charge in [0, 0.05) is 22.7 Å². The van der Waals surface area contributed by atoms with Gasteiger partial charge in [0.15, 0.2) is 6.61 Å². The number of esters is 1. The first-order valence-corrected chi connectivity index (χ1v) is 8.67. The van der Waals surface area contributed by atoms with E-state index < -0.39 is 30.3 Å². The molecule has 0 unspecified atom stereocenters. The van der Waals surface area contributed by atoms with Crippen molar-refractivity contribution in [1.82, 2.24) is 10.9 Å². The van der Waals surface area contributed by atoms with Crippen LogP contribution in [-0.2, 0) is 19.1 Å². The van der Waals surface area contributed by atoms with Crippen molar-refractivity contribution >= 4 is 41.0 Å². The summed E-state index contributed by atoms with van der Waals surface area (Å²) in [7, 11) is 0. The molecule has 0 atom stereocenters. The molecule has 0 aliphatic carbocycles. The number of ether oxygens (including phenoxy) is 1. The summed E-state index contributed by atoms with van der Waals surface area (Å²) in [5.41, 5.74) is 5.21. The van der Waals surface area contributed by atoms with Crippen LogP contribution in [0, 0.1) is 0 Å². The van der Waals surface area contributed by atoms with Crippen LogP contribution in [0.1, 0.15) is 23.2 Å². The van der Waals surface area contributed by atoms with Crippen LogP contribution in [0.3, 0.4) is 0 Å². The highest BCUT2D eigenvalue weighted by Crippen LogP contribution is 2.15. The number of halogens is 1. The minimum Gasteiger partial charge on any atom is -0.455 e. The van der Waals surface area contributed by atoms with Gasteiger partial charge >= 0.3 is 5.97 Å². The second-order valence-corrected chi connectivity index (χ2v) is 6.02. The Morgan fingerprint density at radius 3 is 2.32 bits per heavy atom. The van der Waals surface area contributed by atoms with Crippen molar-refractivity contribution in [3.63, 3.8) is 0 Å². The first-order chi connectivity index (χ1) is 13.4. The Hall–Kier alpha value is -3.39. The topological polar surface area (TPSA) is 114 Å². The summed E-state index contributed by atoms with van der Waals surface area (Å²) in [5, 5.41) is 3.07. The molecule has 0 saturated carbocycles. The molecule has 146 valence electrons. The van der Waals surface area contributed by atoms with Crippen molar-refractivity contribution in [2.75, 3.05) is 11.9 Å². The van der Waals surface area contributed by atoms with Gasteiger partial charge in [-0.2, -0.15) is 0 Å². The average Bonchev–Trinajstić information content (AvgIpc) is 2.69. The normalized spacial score (nSPS) is 9.89. The van der Waals surface area contributed by atoms with E-state index in [4.69, 9.17) is 16.3 Å². The summed E-state index contributed by atoms with van der Waals surface area (Å²) in [5.74, 6) is -2.32. The Balaban J connectivity index is 1.63. The maximum Gasteiger partial charge on any atom is 0.306 e. The van der Waals surface area contributed by atoms with Crippen molar-refractivity contribution in [3.05, 3.63) is 65.2 Å². The van der Waals surface area contributed by atoms with Crippen molar-refractivity contribution in [2.24, 2.45) is 0 Å². The molecule has 0 aliphatic rings. The zero-order valence-electron chi connectivity index (χ0n) is 14.7. The number of carbonyl (C=O) groups excluding carboxylic acids is 4. The molecule has 0 aliphatic heterocycles. The van der Waals surface area contributed by atoms with Crippen LogP contribution in [0.5, 0.6) is 0 Å². The fraction of sp³-hybridized carbons (Fsp3) is 0.158. The molecule has 9 heteroatoms. The molecule has 28 heavy (non-hydrogen) atoms. The Labute approximate surface area is 166 Å². The largest absolute Gasteiger partial charge is 0.455 e. The van der Waals surface area contributed by atoms with Gasteiger partial charge in [0.1, 0.15) is 0 Å². The molecule has 0 saturated heterocycles. The van der Waals surface area contributed by atoms with E-state index in [1.807, 2.05) is 0 Å². The number of hydrazine groups is 1.